The maximum atomic E-state index is 11.9. The van der Waals surface area contributed by atoms with Crippen molar-refractivity contribution >= 4 is 46.8 Å². The first-order chi connectivity index (χ1) is 11.4. The molecule has 0 aromatic heterocycles. The molecule has 1 rings (SSSR count). The van der Waals surface area contributed by atoms with Crippen LogP contribution in [0.15, 0.2) is 59.8 Å². The quantitative estimate of drug-likeness (QED) is 0.305. The molecular formula is C18H16Cl2O4. The van der Waals surface area contributed by atoms with E-state index in [0.29, 0.717) is 11.1 Å². The highest BCUT2D eigenvalue weighted by atomic mass is 35.5. The van der Waals surface area contributed by atoms with Gasteiger partial charge in [-0.3, -0.25) is 4.79 Å². The lowest BCUT2D eigenvalue weighted by atomic mass is 9.98. The number of hydrogen-bond acceptors (Lipinski definition) is 4. The zero-order valence-electron chi connectivity index (χ0n) is 13.1. The molecule has 0 atom stereocenters. The third kappa shape index (κ3) is 5.41. The van der Waals surface area contributed by atoms with Crippen molar-refractivity contribution in [2.24, 2.45) is 0 Å². The van der Waals surface area contributed by atoms with Gasteiger partial charge in [0.15, 0.2) is 0 Å². The fourth-order valence-corrected chi connectivity index (χ4v) is 2.24. The van der Waals surface area contributed by atoms with Gasteiger partial charge in [-0.25, -0.2) is 4.79 Å². The summed E-state index contributed by atoms with van der Waals surface area (Å²) >= 11 is 12.0. The Morgan fingerprint density at radius 2 is 1.88 bits per heavy atom. The monoisotopic (exact) mass is 366 g/mol. The van der Waals surface area contributed by atoms with E-state index in [0.717, 1.165) is 11.8 Å². The number of halogens is 2. The lowest BCUT2D eigenvalue weighted by Crippen LogP contribution is -2.11. The van der Waals surface area contributed by atoms with Gasteiger partial charge in [0.25, 0.3) is 0 Å². The molecule has 1 aromatic rings. The van der Waals surface area contributed by atoms with Gasteiger partial charge in [-0.05, 0) is 17.2 Å². The predicted molar refractivity (Wildman–Crippen MR) is 96.2 cm³/mol. The third-order valence-corrected chi connectivity index (χ3v) is 3.40. The minimum absolute atomic E-state index is 0.0389. The van der Waals surface area contributed by atoms with Crippen molar-refractivity contribution in [3.05, 3.63) is 71.0 Å². The van der Waals surface area contributed by atoms with Crippen molar-refractivity contribution in [2.45, 2.75) is 6.42 Å². The first-order valence-electron chi connectivity index (χ1n) is 6.81. The van der Waals surface area contributed by atoms with Crippen LogP contribution in [0, 0.1) is 0 Å². The van der Waals surface area contributed by atoms with Crippen LogP contribution in [0.5, 0.6) is 0 Å². The van der Waals surface area contributed by atoms with E-state index in [1.807, 2.05) is 12.1 Å². The second kappa shape index (κ2) is 9.75. The molecule has 0 aliphatic heterocycles. The van der Waals surface area contributed by atoms with Crippen LogP contribution in [0.25, 0.3) is 11.6 Å². The number of ether oxygens (including phenoxy) is 2. The van der Waals surface area contributed by atoms with E-state index in [2.05, 4.69) is 17.9 Å². The molecule has 0 unspecified atom stereocenters. The number of esters is 2. The fraction of sp³-hybridized carbons (Fsp3) is 0.111. The molecule has 0 aliphatic rings. The Bertz CT molecular complexity index is 713. The van der Waals surface area contributed by atoms with Crippen LogP contribution < -0.4 is 0 Å². The number of carbonyl (C=O) groups is 2. The number of carbonyl (C=O) groups excluding carboxylic acids is 2. The van der Waals surface area contributed by atoms with Crippen molar-refractivity contribution in [1.82, 2.24) is 0 Å². The maximum Gasteiger partial charge on any atom is 0.334 e. The van der Waals surface area contributed by atoms with Crippen molar-refractivity contribution in [3.8, 4) is 0 Å². The highest BCUT2D eigenvalue weighted by Crippen LogP contribution is 2.30. The summed E-state index contributed by atoms with van der Waals surface area (Å²) in [5, 5.41) is 0. The Morgan fingerprint density at radius 1 is 1.21 bits per heavy atom. The van der Waals surface area contributed by atoms with E-state index in [-0.39, 0.29) is 16.5 Å². The normalized spacial score (nSPS) is 10.5. The topological polar surface area (TPSA) is 52.6 Å². The Kier molecular flexibility index (Phi) is 8.02. The van der Waals surface area contributed by atoms with Gasteiger partial charge in [0.2, 0.25) is 0 Å². The summed E-state index contributed by atoms with van der Waals surface area (Å²) in [6, 6.07) is 7.20. The van der Waals surface area contributed by atoms with E-state index >= 15 is 0 Å². The van der Waals surface area contributed by atoms with Crippen LogP contribution in [0.3, 0.4) is 0 Å². The van der Waals surface area contributed by atoms with Gasteiger partial charge in [-0.2, -0.15) is 0 Å². The fourth-order valence-electron chi connectivity index (χ4n) is 1.93. The summed E-state index contributed by atoms with van der Waals surface area (Å²) in [5.41, 5.74) is 1.82. The van der Waals surface area contributed by atoms with Gasteiger partial charge in [0, 0.05) is 11.1 Å². The minimum Gasteiger partial charge on any atom is -0.466 e. The van der Waals surface area contributed by atoms with Gasteiger partial charge in [0.1, 0.15) is 4.49 Å². The highest BCUT2D eigenvalue weighted by molar-refractivity contribution is 6.58. The molecule has 6 heteroatoms. The molecule has 0 fully saturated rings. The highest BCUT2D eigenvalue weighted by Gasteiger charge is 2.18. The van der Waals surface area contributed by atoms with Gasteiger partial charge in [-0.15, -0.1) is 0 Å². The van der Waals surface area contributed by atoms with E-state index < -0.39 is 11.9 Å². The van der Waals surface area contributed by atoms with Crippen LogP contribution in [-0.2, 0) is 19.1 Å². The zero-order chi connectivity index (χ0) is 18.1. The van der Waals surface area contributed by atoms with Crippen molar-refractivity contribution < 1.29 is 19.1 Å². The number of benzene rings is 1. The lowest BCUT2D eigenvalue weighted by molar-refractivity contribution is -0.141. The van der Waals surface area contributed by atoms with Gasteiger partial charge in [0.05, 0.1) is 19.8 Å². The van der Waals surface area contributed by atoms with E-state index in [1.165, 1.54) is 13.2 Å². The summed E-state index contributed by atoms with van der Waals surface area (Å²) in [6.45, 7) is 7.02. The molecular weight excluding hydrogens is 351 g/mol. The van der Waals surface area contributed by atoms with E-state index in [9.17, 15) is 9.59 Å². The van der Waals surface area contributed by atoms with Gasteiger partial charge in [-0.1, -0.05) is 66.7 Å². The van der Waals surface area contributed by atoms with Crippen molar-refractivity contribution in [1.29, 1.82) is 0 Å². The van der Waals surface area contributed by atoms with Crippen molar-refractivity contribution in [3.63, 3.8) is 0 Å². The second-order valence-electron chi connectivity index (χ2n) is 4.46. The Labute approximate surface area is 150 Å². The lowest BCUT2D eigenvalue weighted by Gasteiger charge is -2.10. The second-order valence-corrected chi connectivity index (χ2v) is 5.41. The number of rotatable bonds is 7. The predicted octanol–water partition coefficient (Wildman–Crippen LogP) is 4.65. The molecule has 0 bridgehead atoms. The third-order valence-electron chi connectivity index (χ3n) is 2.99. The molecule has 0 N–H and O–H groups in total. The van der Waals surface area contributed by atoms with E-state index in [1.54, 1.807) is 18.2 Å². The summed E-state index contributed by atoms with van der Waals surface area (Å²) in [5.74, 6) is -1.36. The molecule has 24 heavy (non-hydrogen) atoms. The summed E-state index contributed by atoms with van der Waals surface area (Å²) in [6.07, 6.45) is 3.69. The first-order valence-corrected chi connectivity index (χ1v) is 7.56. The molecule has 0 spiro atoms. The molecule has 0 amide bonds. The molecule has 1 aromatic carbocycles. The minimum atomic E-state index is -0.695. The van der Waals surface area contributed by atoms with E-state index in [4.69, 9.17) is 27.9 Å². The summed E-state index contributed by atoms with van der Waals surface area (Å²) < 4.78 is 9.27. The van der Waals surface area contributed by atoms with Crippen LogP contribution in [0.4, 0.5) is 0 Å². The van der Waals surface area contributed by atoms with Crippen LogP contribution >= 0.6 is 23.2 Å². The standard InChI is InChI=1S/C18H16Cl2O4/c1-4-12-8-6-7-9-14(12)15(17(19)20)10-13(18(22)23-3)11-16(21)24-5-2/h4-10H,1-2,11H2,3H3/b13-10+. The molecule has 0 saturated heterocycles. The maximum absolute atomic E-state index is 11.9. The first kappa shape index (κ1) is 19.7. The van der Waals surface area contributed by atoms with Gasteiger partial charge < -0.3 is 9.47 Å². The average Bonchev–Trinajstić information content (AvgIpc) is 2.57. The molecule has 126 valence electrons. The largest absolute Gasteiger partial charge is 0.466 e. The molecule has 0 heterocycles. The number of hydrogen-bond donors (Lipinski definition) is 0. The smallest absolute Gasteiger partial charge is 0.334 e. The number of methoxy groups -OCH3 is 1. The zero-order valence-corrected chi connectivity index (χ0v) is 14.6. The molecule has 4 nitrogen and oxygen atoms in total. The molecule has 0 aliphatic carbocycles. The molecule has 0 saturated carbocycles. The van der Waals surface area contributed by atoms with Crippen LogP contribution in [0.2, 0.25) is 0 Å². The van der Waals surface area contributed by atoms with Crippen molar-refractivity contribution in [2.75, 3.05) is 7.11 Å². The number of allylic oxidation sites excluding steroid dienone is 2. The SMILES string of the molecule is C=COC(=O)C/C(=C\C(=C(Cl)Cl)c1ccccc1C=C)C(=O)OC. The average molecular weight is 367 g/mol. The Hall–Kier alpha value is -2.30. The van der Waals surface area contributed by atoms with Crippen LogP contribution in [-0.4, -0.2) is 19.0 Å². The van der Waals surface area contributed by atoms with Gasteiger partial charge >= 0.3 is 11.9 Å². The molecule has 0 radical (unpaired) electrons. The Balaban J connectivity index is 3.40. The Morgan fingerprint density at radius 3 is 2.42 bits per heavy atom. The van der Waals surface area contributed by atoms with Crippen LogP contribution in [0.1, 0.15) is 17.5 Å². The summed E-state index contributed by atoms with van der Waals surface area (Å²) in [4.78, 5) is 23.6. The summed E-state index contributed by atoms with van der Waals surface area (Å²) in [7, 11) is 1.21.